The normalized spacial score (nSPS) is 7.71. The first-order valence-electron chi connectivity index (χ1n) is 4.24. The molecule has 0 amide bonds. The van der Waals surface area contributed by atoms with Gasteiger partial charge in [0.05, 0.1) is 0 Å². The van der Waals surface area contributed by atoms with Crippen molar-refractivity contribution >= 4 is 12.4 Å². The quantitative estimate of drug-likeness (QED) is 0.546. The predicted molar refractivity (Wildman–Crippen MR) is 59.3 cm³/mol. The number of hydrogen-bond acceptors (Lipinski definition) is 3. The summed E-state index contributed by atoms with van der Waals surface area (Å²) in [6.07, 6.45) is -0.500. The van der Waals surface area contributed by atoms with E-state index in [0.29, 0.717) is 0 Å². The molecule has 0 rings (SSSR count). The third-order valence-electron chi connectivity index (χ3n) is 0. The zero-order valence-electron chi connectivity index (χ0n) is 9.98. The minimum atomic E-state index is -0.167. The molecule has 0 aromatic heterocycles. The van der Waals surface area contributed by atoms with Gasteiger partial charge in [-0.25, -0.2) is 0 Å². The van der Waals surface area contributed by atoms with Crippen LogP contribution in [0.2, 0.25) is 0 Å². The van der Waals surface area contributed by atoms with Gasteiger partial charge in [0.2, 0.25) is 0 Å². The molecule has 0 saturated carbocycles. The second-order valence-corrected chi connectivity index (χ2v) is 3.28. The number of halogens is 1. The van der Waals surface area contributed by atoms with Crippen LogP contribution in [0.5, 0.6) is 0 Å². The van der Waals surface area contributed by atoms with E-state index in [1.54, 1.807) is 41.5 Å². The molecule has 0 aliphatic rings. The van der Waals surface area contributed by atoms with E-state index in [0.717, 1.165) is 0 Å². The first-order valence-corrected chi connectivity index (χ1v) is 4.24. The maximum absolute atomic E-state index is 8.06. The molecule has 0 unspecified atom stereocenters. The van der Waals surface area contributed by atoms with E-state index in [-0.39, 0.29) is 56.6 Å². The van der Waals surface area contributed by atoms with Crippen LogP contribution in [-0.4, -0.2) is 33.6 Å². The number of aliphatic hydroxyl groups is 3. The van der Waals surface area contributed by atoms with E-state index in [2.05, 4.69) is 0 Å². The second kappa shape index (κ2) is 23.7. The fourth-order valence-corrected chi connectivity index (χ4v) is 0. The fourth-order valence-electron chi connectivity index (χ4n) is 0. The van der Waals surface area contributed by atoms with Crippen molar-refractivity contribution in [3.8, 4) is 0 Å². The molecule has 0 aromatic carbocycles. The summed E-state index contributed by atoms with van der Waals surface area (Å²) < 4.78 is 0. The molecule has 0 aliphatic heterocycles. The molecule has 0 bridgehead atoms. The van der Waals surface area contributed by atoms with Gasteiger partial charge in [0.25, 0.3) is 0 Å². The molecule has 0 radical (unpaired) electrons. The Morgan fingerprint density at radius 1 is 0.571 bits per heavy atom. The Bertz CT molecular complexity index is 48.5. The SMILES string of the molecule is CC(C)O.CC(C)O.CC(C)O.Cl.[Hf]. The summed E-state index contributed by atoms with van der Waals surface area (Å²) in [6.45, 7) is 10.3. The van der Waals surface area contributed by atoms with Crippen LogP contribution < -0.4 is 0 Å². The minimum absolute atomic E-state index is 0. The van der Waals surface area contributed by atoms with Crippen molar-refractivity contribution in [1.29, 1.82) is 0 Å². The molecule has 5 heteroatoms. The molecule has 14 heavy (non-hydrogen) atoms. The molecule has 0 atom stereocenters. The van der Waals surface area contributed by atoms with Gasteiger partial charge in [-0.1, -0.05) is 0 Å². The molecule has 0 heterocycles. The van der Waals surface area contributed by atoms with Crippen molar-refractivity contribution in [1.82, 2.24) is 0 Å². The summed E-state index contributed by atoms with van der Waals surface area (Å²) >= 11 is 0. The van der Waals surface area contributed by atoms with E-state index in [4.69, 9.17) is 15.3 Å². The Labute approximate surface area is 113 Å². The van der Waals surface area contributed by atoms with E-state index in [1.165, 1.54) is 0 Å². The zero-order valence-corrected chi connectivity index (χ0v) is 14.4. The predicted octanol–water partition coefficient (Wildman–Crippen LogP) is 1.58. The Kier molecular flexibility index (Phi) is 49.8. The first kappa shape index (κ1) is 29.4. The van der Waals surface area contributed by atoms with Crippen LogP contribution in [0.15, 0.2) is 0 Å². The molecular formula is C9H25ClHfO3. The Morgan fingerprint density at radius 2 is 0.571 bits per heavy atom. The van der Waals surface area contributed by atoms with Gasteiger partial charge in [0.15, 0.2) is 0 Å². The van der Waals surface area contributed by atoms with Crippen LogP contribution >= 0.6 is 12.4 Å². The Hall–Kier alpha value is 1.04. The van der Waals surface area contributed by atoms with E-state index in [9.17, 15) is 0 Å². The maximum atomic E-state index is 8.06. The van der Waals surface area contributed by atoms with Gasteiger partial charge in [0.1, 0.15) is 0 Å². The third-order valence-corrected chi connectivity index (χ3v) is 0. The molecule has 0 spiro atoms. The molecule has 90 valence electrons. The van der Waals surface area contributed by atoms with Crippen LogP contribution in [0.4, 0.5) is 0 Å². The molecular weight excluding hydrogens is 370 g/mol. The molecule has 0 fully saturated rings. The first-order chi connectivity index (χ1) is 5.20. The van der Waals surface area contributed by atoms with Crippen molar-refractivity contribution in [3.05, 3.63) is 0 Å². The van der Waals surface area contributed by atoms with Crippen LogP contribution in [0.1, 0.15) is 41.5 Å². The maximum Gasteiger partial charge on any atom is 0.0483 e. The molecule has 0 aliphatic carbocycles. The number of aliphatic hydroxyl groups excluding tert-OH is 3. The Morgan fingerprint density at radius 3 is 0.571 bits per heavy atom. The molecule has 0 saturated heterocycles. The van der Waals surface area contributed by atoms with Gasteiger partial charge in [0, 0.05) is 44.2 Å². The average molecular weight is 395 g/mol. The van der Waals surface area contributed by atoms with Gasteiger partial charge in [-0.2, -0.15) is 0 Å². The van der Waals surface area contributed by atoms with Crippen molar-refractivity contribution in [3.63, 3.8) is 0 Å². The van der Waals surface area contributed by atoms with E-state index >= 15 is 0 Å². The summed E-state index contributed by atoms with van der Waals surface area (Å²) in [5.74, 6) is 0. The zero-order chi connectivity index (χ0) is 10.7. The van der Waals surface area contributed by atoms with Crippen LogP contribution in [0, 0.1) is 0 Å². The van der Waals surface area contributed by atoms with Gasteiger partial charge >= 0.3 is 0 Å². The second-order valence-electron chi connectivity index (χ2n) is 3.28. The summed E-state index contributed by atoms with van der Waals surface area (Å²) in [6, 6.07) is 0. The van der Waals surface area contributed by atoms with Crippen molar-refractivity contribution in [2.24, 2.45) is 0 Å². The van der Waals surface area contributed by atoms with E-state index in [1.807, 2.05) is 0 Å². The van der Waals surface area contributed by atoms with Crippen molar-refractivity contribution in [2.45, 2.75) is 59.9 Å². The smallest absolute Gasteiger partial charge is 0.0483 e. The summed E-state index contributed by atoms with van der Waals surface area (Å²) in [4.78, 5) is 0. The third kappa shape index (κ3) is 1750. The standard InChI is InChI=1S/3C3H8O.ClH.Hf/c3*1-3(2)4;;/h3*3-4H,1-2H3;1H;. The molecule has 0 aromatic rings. The van der Waals surface area contributed by atoms with Gasteiger partial charge in [-0.05, 0) is 41.5 Å². The summed E-state index contributed by atoms with van der Waals surface area (Å²) in [5, 5.41) is 24.2. The van der Waals surface area contributed by atoms with Crippen molar-refractivity contribution in [2.75, 3.05) is 0 Å². The van der Waals surface area contributed by atoms with Crippen LogP contribution in [0.3, 0.4) is 0 Å². The molecule has 3 nitrogen and oxygen atoms in total. The topological polar surface area (TPSA) is 60.7 Å². The van der Waals surface area contributed by atoms with Gasteiger partial charge < -0.3 is 15.3 Å². The monoisotopic (exact) mass is 396 g/mol. The van der Waals surface area contributed by atoms with E-state index < -0.39 is 0 Å². The minimum Gasteiger partial charge on any atom is -0.394 e. The molecule has 3 N–H and O–H groups in total. The average Bonchev–Trinajstić information content (AvgIpc) is 1.54. The van der Waals surface area contributed by atoms with Crippen LogP contribution in [-0.2, 0) is 25.8 Å². The summed E-state index contributed by atoms with van der Waals surface area (Å²) in [7, 11) is 0. The Balaban J connectivity index is -0.0000000270. The van der Waals surface area contributed by atoms with Crippen LogP contribution in [0.25, 0.3) is 0 Å². The van der Waals surface area contributed by atoms with Crippen molar-refractivity contribution < 1.29 is 41.2 Å². The number of rotatable bonds is 0. The van der Waals surface area contributed by atoms with Gasteiger partial charge in [-0.3, -0.25) is 0 Å². The number of hydrogen-bond donors (Lipinski definition) is 3. The summed E-state index contributed by atoms with van der Waals surface area (Å²) in [5.41, 5.74) is 0. The largest absolute Gasteiger partial charge is 0.394 e. The fraction of sp³-hybridized carbons (Fsp3) is 1.00. The van der Waals surface area contributed by atoms with Gasteiger partial charge in [-0.15, -0.1) is 12.4 Å².